The van der Waals surface area contributed by atoms with Crippen LogP contribution in [-0.4, -0.2) is 43.9 Å². The summed E-state index contributed by atoms with van der Waals surface area (Å²) < 4.78 is 17.2. The van der Waals surface area contributed by atoms with Crippen LogP contribution in [0.2, 0.25) is 0 Å². The lowest BCUT2D eigenvalue weighted by Gasteiger charge is -2.26. The highest BCUT2D eigenvalue weighted by Gasteiger charge is 2.25. The Morgan fingerprint density at radius 1 is 0.947 bits per heavy atom. The minimum absolute atomic E-state index is 0.0167. The quantitative estimate of drug-likeness (QED) is 0.292. The summed E-state index contributed by atoms with van der Waals surface area (Å²) in [5, 5.41) is 6.62. The Balaban J connectivity index is 1.46. The van der Waals surface area contributed by atoms with Gasteiger partial charge in [0, 0.05) is 36.8 Å². The van der Waals surface area contributed by atoms with Crippen molar-refractivity contribution in [1.82, 2.24) is 10.6 Å². The van der Waals surface area contributed by atoms with Crippen molar-refractivity contribution in [2.45, 2.75) is 63.9 Å². The molecule has 0 bridgehead atoms. The van der Waals surface area contributed by atoms with Crippen LogP contribution in [0.25, 0.3) is 0 Å². The summed E-state index contributed by atoms with van der Waals surface area (Å²) >= 11 is 0. The van der Waals surface area contributed by atoms with Gasteiger partial charge in [0.25, 0.3) is 5.91 Å². The first-order chi connectivity index (χ1) is 18.4. The molecule has 0 radical (unpaired) electrons. The van der Waals surface area contributed by atoms with Gasteiger partial charge in [-0.15, -0.1) is 0 Å². The summed E-state index contributed by atoms with van der Waals surface area (Å²) in [6, 6.07) is 22.8. The van der Waals surface area contributed by atoms with E-state index in [0.29, 0.717) is 36.6 Å². The third-order valence-electron chi connectivity index (χ3n) is 6.32. The van der Waals surface area contributed by atoms with Gasteiger partial charge in [0.15, 0.2) is 0 Å². The number of ether oxygens (including phenoxy) is 3. The van der Waals surface area contributed by atoms with E-state index in [1.807, 2.05) is 74.5 Å². The van der Waals surface area contributed by atoms with Gasteiger partial charge in [0.1, 0.15) is 17.2 Å². The average molecular weight is 518 g/mol. The topological polar surface area (TPSA) is 94.8 Å². The smallest absolute Gasteiger partial charge is 0.251 e. The van der Waals surface area contributed by atoms with Gasteiger partial charge >= 0.3 is 0 Å². The number of nitrogens with two attached hydrogens (primary N) is 1. The van der Waals surface area contributed by atoms with Crippen molar-refractivity contribution in [3.63, 3.8) is 0 Å². The van der Waals surface area contributed by atoms with E-state index in [4.69, 9.17) is 19.9 Å². The van der Waals surface area contributed by atoms with Crippen LogP contribution in [0.3, 0.4) is 0 Å². The number of carbonyl (C=O) groups excluding carboxylic acids is 1. The molecule has 3 aromatic carbocycles. The van der Waals surface area contributed by atoms with E-state index in [9.17, 15) is 4.79 Å². The number of hydrogen-bond donors (Lipinski definition) is 3. The minimum Gasteiger partial charge on any atom is -0.497 e. The molecule has 1 unspecified atom stereocenters. The van der Waals surface area contributed by atoms with E-state index in [0.717, 1.165) is 29.7 Å². The predicted molar refractivity (Wildman–Crippen MR) is 150 cm³/mol. The third-order valence-corrected chi connectivity index (χ3v) is 6.32. The molecule has 4 rings (SSSR count). The molecule has 2 atom stereocenters. The second-order valence-corrected chi connectivity index (χ2v) is 10.1. The van der Waals surface area contributed by atoms with Gasteiger partial charge in [-0.1, -0.05) is 42.5 Å². The molecule has 1 aliphatic rings. The van der Waals surface area contributed by atoms with Crippen LogP contribution >= 0.6 is 0 Å². The Morgan fingerprint density at radius 3 is 2.39 bits per heavy atom. The van der Waals surface area contributed by atoms with E-state index in [-0.39, 0.29) is 30.2 Å². The number of methoxy groups -OCH3 is 1. The number of benzene rings is 3. The molecule has 4 N–H and O–H groups in total. The Hall–Kier alpha value is -3.55. The zero-order valence-electron chi connectivity index (χ0n) is 22.5. The van der Waals surface area contributed by atoms with E-state index in [1.54, 1.807) is 19.2 Å². The second kappa shape index (κ2) is 13.3. The number of nitrogens with one attached hydrogen (secondary N) is 2. The van der Waals surface area contributed by atoms with Crippen molar-refractivity contribution in [3.8, 4) is 17.2 Å². The fourth-order valence-electron chi connectivity index (χ4n) is 4.23. The van der Waals surface area contributed by atoms with Crippen molar-refractivity contribution in [3.05, 3.63) is 89.5 Å². The van der Waals surface area contributed by atoms with Gasteiger partial charge in [0.05, 0.1) is 19.3 Å². The number of carbonyl (C=O) groups is 1. The summed E-state index contributed by atoms with van der Waals surface area (Å²) in [6.07, 6.45) is 2.88. The molecule has 0 saturated heterocycles. The highest BCUT2D eigenvalue weighted by Crippen LogP contribution is 2.30. The van der Waals surface area contributed by atoms with Crippen LogP contribution in [0, 0.1) is 0 Å². The van der Waals surface area contributed by atoms with Crippen molar-refractivity contribution >= 4 is 5.91 Å². The number of rotatable bonds is 14. The molecular weight excluding hydrogens is 478 g/mol. The van der Waals surface area contributed by atoms with Gasteiger partial charge in [-0.3, -0.25) is 4.79 Å². The molecular formula is C31H39N3O4. The fourth-order valence-corrected chi connectivity index (χ4v) is 4.23. The van der Waals surface area contributed by atoms with E-state index in [1.165, 1.54) is 0 Å². The molecule has 7 heteroatoms. The second-order valence-electron chi connectivity index (χ2n) is 10.1. The van der Waals surface area contributed by atoms with Crippen molar-refractivity contribution in [1.29, 1.82) is 0 Å². The minimum atomic E-state index is -0.318. The maximum absolute atomic E-state index is 13.5. The van der Waals surface area contributed by atoms with E-state index >= 15 is 0 Å². The molecule has 3 aromatic rings. The van der Waals surface area contributed by atoms with Crippen LogP contribution in [0.1, 0.15) is 48.2 Å². The van der Waals surface area contributed by atoms with Gasteiger partial charge < -0.3 is 30.6 Å². The molecule has 1 aliphatic carbocycles. The van der Waals surface area contributed by atoms with E-state index < -0.39 is 0 Å². The molecule has 1 saturated carbocycles. The summed E-state index contributed by atoms with van der Waals surface area (Å²) in [5.74, 6) is 1.88. The normalized spacial score (nSPS) is 14.6. The van der Waals surface area contributed by atoms with Gasteiger partial charge in [-0.05, 0) is 68.5 Å². The van der Waals surface area contributed by atoms with Crippen LogP contribution in [-0.2, 0) is 13.0 Å². The Morgan fingerprint density at radius 2 is 1.68 bits per heavy atom. The van der Waals surface area contributed by atoms with Crippen molar-refractivity contribution in [2.75, 3.05) is 13.7 Å². The van der Waals surface area contributed by atoms with Crippen LogP contribution in [0.5, 0.6) is 17.2 Å². The predicted octanol–water partition coefficient (Wildman–Crippen LogP) is 4.48. The lowest BCUT2D eigenvalue weighted by Crippen LogP contribution is -2.53. The maximum atomic E-state index is 13.5. The summed E-state index contributed by atoms with van der Waals surface area (Å²) in [5.41, 5.74) is 9.36. The Kier molecular flexibility index (Phi) is 9.62. The van der Waals surface area contributed by atoms with Crippen molar-refractivity contribution < 1.29 is 19.0 Å². The molecule has 0 heterocycles. The summed E-state index contributed by atoms with van der Waals surface area (Å²) in [6.45, 7) is 5.10. The fraction of sp³-hybridized carbons (Fsp3) is 0.387. The zero-order chi connectivity index (χ0) is 26.9. The molecule has 1 fully saturated rings. The first-order valence-electron chi connectivity index (χ1n) is 13.3. The first-order valence-corrected chi connectivity index (χ1v) is 13.3. The van der Waals surface area contributed by atoms with Crippen molar-refractivity contribution in [2.24, 2.45) is 5.73 Å². The Bertz CT molecular complexity index is 1160. The first kappa shape index (κ1) is 27.5. The Labute approximate surface area is 225 Å². The summed E-state index contributed by atoms with van der Waals surface area (Å²) in [7, 11) is 1.66. The molecule has 0 aliphatic heterocycles. The van der Waals surface area contributed by atoms with Gasteiger partial charge in [-0.25, -0.2) is 0 Å². The molecule has 38 heavy (non-hydrogen) atoms. The zero-order valence-corrected chi connectivity index (χ0v) is 22.5. The van der Waals surface area contributed by atoms with Crippen LogP contribution in [0.15, 0.2) is 72.8 Å². The van der Waals surface area contributed by atoms with Gasteiger partial charge in [-0.2, -0.15) is 0 Å². The third kappa shape index (κ3) is 8.50. The molecule has 202 valence electrons. The highest BCUT2D eigenvalue weighted by atomic mass is 16.5. The number of amides is 1. The number of hydrogen-bond acceptors (Lipinski definition) is 6. The molecule has 1 amide bonds. The largest absolute Gasteiger partial charge is 0.497 e. The maximum Gasteiger partial charge on any atom is 0.251 e. The molecule has 0 spiro atoms. The van der Waals surface area contributed by atoms with Crippen LogP contribution in [0.4, 0.5) is 0 Å². The lowest BCUT2D eigenvalue weighted by molar-refractivity contribution is 0.0929. The molecule has 7 nitrogen and oxygen atoms in total. The van der Waals surface area contributed by atoms with Crippen LogP contribution < -0.4 is 30.6 Å². The van der Waals surface area contributed by atoms with Gasteiger partial charge in [0.2, 0.25) is 0 Å². The standard InChI is InChI=1S/C31H39N3O4/c1-21(2)37-27-16-24(17-28(18-27)38-25-12-13-25)31(35)34-30(15-22-8-5-4-6-9-22)29(32)20-33-19-23-10-7-11-26(14-23)36-3/h4-11,14,16-18,21,25,29-30,33H,12-13,15,19-20,32H2,1-3H3,(H,34,35)/t29?,30-/m0/s1. The highest BCUT2D eigenvalue weighted by molar-refractivity contribution is 5.95. The monoisotopic (exact) mass is 517 g/mol. The lowest BCUT2D eigenvalue weighted by atomic mass is 9.99. The average Bonchev–Trinajstić information content (AvgIpc) is 3.72. The SMILES string of the molecule is COc1cccc(CNCC(N)[C@H](Cc2ccccc2)NC(=O)c2cc(OC(C)C)cc(OC3CC3)c2)c1. The van der Waals surface area contributed by atoms with E-state index in [2.05, 4.69) is 10.6 Å². The molecule has 0 aromatic heterocycles. The summed E-state index contributed by atoms with van der Waals surface area (Å²) in [4.78, 5) is 13.5.